The highest BCUT2D eigenvalue weighted by molar-refractivity contribution is 6.37. The number of hydrogen-bond acceptors (Lipinski definition) is 23. The summed E-state index contributed by atoms with van der Waals surface area (Å²) in [5.41, 5.74) is 14.7. The molecule has 8 aliphatic carbocycles. The normalized spacial score (nSPS) is 19.3. The number of ether oxygens (including phenoxy) is 6. The van der Waals surface area contributed by atoms with E-state index in [1.165, 1.54) is 48.7 Å². The van der Waals surface area contributed by atoms with Crippen LogP contribution in [-0.4, -0.2) is 204 Å². The van der Waals surface area contributed by atoms with E-state index in [1.807, 2.05) is 0 Å². The monoisotopic (exact) mass is 2070 g/mol. The smallest absolute Gasteiger partial charge is 0.352 e. The van der Waals surface area contributed by atoms with Crippen LogP contribution >= 0.6 is 58.8 Å². The number of Topliss-reactive ketones (excluding diaryl/α,β-unsaturated/α-hetero) is 4. The summed E-state index contributed by atoms with van der Waals surface area (Å²) in [6.07, 6.45) is 23.6. The van der Waals surface area contributed by atoms with Crippen molar-refractivity contribution in [1.82, 2.24) is 57.2 Å². The Balaban J connectivity index is 0.000000175. The van der Waals surface area contributed by atoms with Gasteiger partial charge < -0.3 is 102 Å². The van der Waals surface area contributed by atoms with E-state index in [9.17, 15) is 77.2 Å². The molecule has 8 amide bonds. The largest absolute Gasteiger partial charge is 0.497 e. The van der Waals surface area contributed by atoms with Crippen LogP contribution in [-0.2, 0) is 62.2 Å². The molecule has 8 saturated carbocycles. The fourth-order valence-electron chi connectivity index (χ4n) is 18.5. The summed E-state index contributed by atoms with van der Waals surface area (Å²) in [7, 11) is 8.67. The molecule has 0 bridgehead atoms. The Kier molecular flexibility index (Phi) is 40.9. The first-order valence-corrected chi connectivity index (χ1v) is 50.1. The number of esters is 2. The first-order valence-electron chi connectivity index (χ1n) is 48.6. The van der Waals surface area contributed by atoms with Gasteiger partial charge in [0.25, 0.3) is 17.7 Å². The fraction of sp³-hybridized carbons (Fsp3) is 0.529. The number of nitriles is 1. The number of aromatic carboxylic acids is 1. The van der Waals surface area contributed by atoms with Crippen molar-refractivity contribution in [2.75, 3.05) is 42.7 Å². The van der Waals surface area contributed by atoms with Crippen LogP contribution in [0.2, 0.25) is 20.1 Å². The van der Waals surface area contributed by atoms with Gasteiger partial charge in [-0.2, -0.15) is 5.26 Å². The standard InChI is InChI=1S/C26H32ClN3O6.C25H31ClN4O5.C25H29ClN4O4.C16H26N2O4.C10H8ClNO3.ClH/c1-35-17-10-16-12-20(28-23(16)18(27)13-17)25(33)29-19(9-14-7-8-14)24(32)30-21(26(34)36-2)11-15-5-3-4-6-22(15)31;1-35-16-9-15-11-20(28-22(15)17(26)12-16)25(34)30-19(8-13-6-7-13)24(33)29-18(23(27)32)10-14-4-2-3-5-21(14)31;1-34-18-10-16-11-21(29-23(16)19(26)12-18)25(33)30-20(8-14-6-7-14)24(32)28-17(13-27)9-15-4-2-3-5-22(15)31;1-22-16(21)13(9-11-4-2-3-5-14(11)19)18-15(20)12(17)8-10-6-7-10;1-15-6-2-5-3-8(10(13)14)12-9(5)7(11)4-6;/h10,12-15,19,21,28H,3-9,11H2,1-2H3,(H,29,33)(H,30,32);9,11-14,18-19,28H,2-8,10H2,1H3,(H2,27,32)(H,29,33)(H,30,34);10-12,14-15,17,20,29H,2-9H2,1H3,(H,28,32)(H,30,33);10-13H,2-9,17H2,1H3,(H,18,20);2-4,12H,1H3,(H,13,14);1H/t15-,19-,21-;14-,18-,19-;15-,17-,20-;11-,12-,13-;;/m0000../s1. The van der Waals surface area contributed by atoms with Gasteiger partial charge in [0.15, 0.2) is 0 Å². The van der Waals surface area contributed by atoms with E-state index < -0.39 is 108 Å². The summed E-state index contributed by atoms with van der Waals surface area (Å²) < 4.78 is 30.4. The lowest BCUT2D eigenvalue weighted by Crippen LogP contribution is -2.54. The molecule has 772 valence electrons. The summed E-state index contributed by atoms with van der Waals surface area (Å²) in [6, 6.07) is 15.7. The number of benzene rings is 4. The molecule has 41 heteroatoms. The van der Waals surface area contributed by atoms with E-state index in [4.69, 9.17) is 91.4 Å². The molecular formula is C102H127Cl5N14O22. The number of carboxylic acid groups (broad SMARTS) is 1. The highest BCUT2D eigenvalue weighted by atomic mass is 35.5. The molecule has 36 nitrogen and oxygen atoms in total. The van der Waals surface area contributed by atoms with E-state index in [2.05, 4.69) is 63.2 Å². The Morgan fingerprint density at radius 1 is 0.364 bits per heavy atom. The van der Waals surface area contributed by atoms with E-state index in [0.29, 0.717) is 177 Å². The maximum atomic E-state index is 13.3. The average Bonchev–Trinajstić information content (AvgIpc) is 1.69. The Morgan fingerprint density at radius 3 is 0.916 bits per heavy atom. The van der Waals surface area contributed by atoms with Crippen LogP contribution in [0.5, 0.6) is 23.0 Å². The number of methoxy groups -OCH3 is 6. The van der Waals surface area contributed by atoms with Gasteiger partial charge in [-0.15, -0.1) is 12.4 Å². The van der Waals surface area contributed by atoms with Crippen LogP contribution in [0.4, 0.5) is 0 Å². The number of aromatic nitrogens is 4. The van der Waals surface area contributed by atoms with Gasteiger partial charge >= 0.3 is 17.9 Å². The molecule has 8 aromatic rings. The molecule has 4 heterocycles. The number of carbonyl (C=O) groups excluding carboxylic acids is 14. The van der Waals surface area contributed by atoms with Crippen molar-refractivity contribution in [1.29, 1.82) is 5.26 Å². The predicted octanol–water partition coefficient (Wildman–Crippen LogP) is 14.1. The van der Waals surface area contributed by atoms with E-state index in [1.54, 1.807) is 66.7 Å². The summed E-state index contributed by atoms with van der Waals surface area (Å²) in [6.45, 7) is 0. The zero-order valence-corrected chi connectivity index (χ0v) is 84.7. The zero-order valence-electron chi connectivity index (χ0n) is 80.8. The highest BCUT2D eigenvalue weighted by Crippen LogP contribution is 2.40. The number of nitrogens with zero attached hydrogens (tertiary/aromatic N) is 1. The Bertz CT molecular complexity index is 6010. The van der Waals surface area contributed by atoms with Crippen molar-refractivity contribution in [3.8, 4) is 29.1 Å². The van der Waals surface area contributed by atoms with Crippen molar-refractivity contribution in [3.63, 3.8) is 0 Å². The second kappa shape index (κ2) is 52.5. The highest BCUT2D eigenvalue weighted by Gasteiger charge is 2.41. The molecule has 16 rings (SSSR count). The first-order chi connectivity index (χ1) is 68.0. The van der Waals surface area contributed by atoms with Gasteiger partial charge in [0.1, 0.15) is 111 Å². The van der Waals surface area contributed by atoms with E-state index in [-0.39, 0.29) is 101 Å². The molecule has 0 saturated heterocycles. The van der Waals surface area contributed by atoms with Crippen molar-refractivity contribution in [3.05, 3.63) is 116 Å². The number of nitrogens with two attached hydrogens (primary N) is 2. The van der Waals surface area contributed by atoms with Gasteiger partial charge in [-0.25, -0.2) is 14.4 Å². The molecule has 4 aromatic heterocycles. The number of ketones is 4. The lowest BCUT2D eigenvalue weighted by molar-refractivity contribution is -0.146. The van der Waals surface area contributed by atoms with Gasteiger partial charge in [-0.05, 0) is 175 Å². The van der Waals surface area contributed by atoms with Gasteiger partial charge in [-0.1, -0.05) is 123 Å². The second-order valence-corrected chi connectivity index (χ2v) is 39.8. The number of fused-ring (bicyclic) bond motifs is 4. The Hall–Kier alpha value is -12.0. The van der Waals surface area contributed by atoms with Crippen molar-refractivity contribution < 1.29 is 105 Å². The van der Waals surface area contributed by atoms with Gasteiger partial charge in [0.2, 0.25) is 29.5 Å². The summed E-state index contributed by atoms with van der Waals surface area (Å²) in [4.78, 5) is 198. The maximum Gasteiger partial charge on any atom is 0.352 e. The molecule has 4 aromatic carbocycles. The number of amides is 8. The van der Waals surface area contributed by atoms with E-state index >= 15 is 0 Å². The number of primary amides is 1. The molecule has 0 radical (unpaired) electrons. The first kappa shape index (κ1) is 111. The van der Waals surface area contributed by atoms with Crippen molar-refractivity contribution in [2.45, 2.75) is 254 Å². The summed E-state index contributed by atoms with van der Waals surface area (Å²) in [5, 5.41) is 42.2. The van der Waals surface area contributed by atoms with Gasteiger partial charge in [0.05, 0.1) is 96.9 Å². The van der Waals surface area contributed by atoms with Crippen LogP contribution in [0, 0.1) is 58.7 Å². The summed E-state index contributed by atoms with van der Waals surface area (Å²) >= 11 is 24.9. The van der Waals surface area contributed by atoms with Crippen molar-refractivity contribution in [2.24, 2.45) is 58.8 Å². The summed E-state index contributed by atoms with van der Waals surface area (Å²) in [5.74, 6) is -2.32. The molecular weight excluding hydrogens is 1950 g/mol. The number of H-pyrrole nitrogens is 4. The number of rotatable bonds is 38. The maximum absolute atomic E-state index is 13.3. The van der Waals surface area contributed by atoms with Gasteiger partial charge in [0, 0.05) is 95.2 Å². The number of aromatic amines is 4. The van der Waals surface area contributed by atoms with Gasteiger partial charge in [-0.3, -0.25) is 57.5 Å². The van der Waals surface area contributed by atoms with Crippen LogP contribution < -0.4 is 67.6 Å². The molecule has 12 atom stereocenters. The molecule has 0 aliphatic heterocycles. The topological polar surface area (TPSA) is 555 Å². The average molecular weight is 2080 g/mol. The number of carbonyl (C=O) groups is 15. The van der Waals surface area contributed by atoms with Crippen molar-refractivity contribution >= 4 is 191 Å². The second-order valence-electron chi connectivity index (χ2n) is 38.1. The Morgan fingerprint density at radius 2 is 0.636 bits per heavy atom. The fourth-order valence-corrected chi connectivity index (χ4v) is 19.5. The number of halogens is 5. The quantitative estimate of drug-likeness (QED) is 0.0160. The molecule has 16 N–H and O–H groups in total. The third-order valence-corrected chi connectivity index (χ3v) is 28.5. The molecule has 143 heavy (non-hydrogen) atoms. The molecule has 0 unspecified atom stereocenters. The molecule has 0 spiro atoms. The van der Waals surface area contributed by atoms with Crippen LogP contribution in [0.3, 0.4) is 0 Å². The predicted molar refractivity (Wildman–Crippen MR) is 538 cm³/mol. The minimum Gasteiger partial charge on any atom is -0.497 e. The third kappa shape index (κ3) is 32.0. The van der Waals surface area contributed by atoms with Crippen LogP contribution in [0.1, 0.15) is 247 Å². The number of hydrogen-bond donors (Lipinski definition) is 14. The third-order valence-electron chi connectivity index (χ3n) is 27.3. The van der Waals surface area contributed by atoms with E-state index in [0.717, 1.165) is 126 Å². The lowest BCUT2D eigenvalue weighted by Gasteiger charge is -2.26. The van der Waals surface area contributed by atoms with Crippen LogP contribution in [0.15, 0.2) is 72.8 Å². The molecule has 8 fully saturated rings. The zero-order chi connectivity index (χ0) is 102. The number of nitrogens with one attached hydrogen (secondary N) is 11. The Labute approximate surface area is 853 Å². The van der Waals surface area contributed by atoms with Crippen LogP contribution in [0.25, 0.3) is 43.6 Å². The molecule has 8 aliphatic rings. The minimum atomic E-state index is -1.01. The SMILES string of the molecule is COC(=O)[C@H](C[C@@H]1CCCCC1=O)NC(=O)[C@@H](N)CC1CC1.COC(=O)[C@H](C[C@@H]1CCCCC1=O)NC(=O)[C@H](CC1CC1)NC(=O)c1cc2cc(OC)cc(Cl)c2[nH]1.COc1cc(Cl)c2[nH]c(C(=O)N[C@@H](CC3CC3)C(=O)N[C@@H](C[C@@H]3CCCCC3=O)C(N)=O)cc2c1.COc1cc(Cl)c2[nH]c(C(=O)N[C@@H](CC3CC3)C(=O)N[C@H](C#N)C[C@@H]3CCCCC3=O)cc2c1.COc1cc(Cl)c2[nH]c(C(=O)O)cc2c1.Cl. The number of carboxylic acids is 1. The lowest BCUT2D eigenvalue weighted by atomic mass is 9.83. The minimum absolute atomic E-state index is 0.